The van der Waals surface area contributed by atoms with Crippen molar-refractivity contribution in [2.75, 3.05) is 0 Å². The van der Waals surface area contributed by atoms with E-state index in [1.54, 1.807) is 0 Å². The average molecular weight is 1180 g/mol. The average Bonchev–Trinajstić information content (AvgIpc) is 3.63. The van der Waals surface area contributed by atoms with Gasteiger partial charge < -0.3 is 18.3 Å². The summed E-state index contributed by atoms with van der Waals surface area (Å²) in [7, 11) is -10.1. The Bertz CT molecular complexity index is 3010. The van der Waals surface area contributed by atoms with Crippen LogP contribution in [0.25, 0.3) is 0 Å². The molecular formula is C72H64CoO4P4+6. The van der Waals surface area contributed by atoms with Crippen LogP contribution in [-0.4, -0.2) is 18.3 Å². The van der Waals surface area contributed by atoms with Crippen LogP contribution < -0.4 is 63.7 Å². The van der Waals surface area contributed by atoms with Gasteiger partial charge in [-0.15, -0.1) is 0 Å². The molecule has 0 fully saturated rings. The maximum atomic E-state index is 11.5. The van der Waals surface area contributed by atoms with Crippen LogP contribution in [0.15, 0.2) is 364 Å². The van der Waals surface area contributed by atoms with Crippen LogP contribution in [0, 0.1) is 0 Å². The van der Waals surface area contributed by atoms with E-state index in [9.17, 15) is 18.3 Å². The molecule has 12 rings (SSSR count). The van der Waals surface area contributed by atoms with Gasteiger partial charge in [0, 0.05) is 0 Å². The summed E-state index contributed by atoms with van der Waals surface area (Å²) in [6, 6.07) is 119. The second kappa shape index (κ2) is 29.0. The molecule has 0 unspecified atom stereocenters. The van der Waals surface area contributed by atoms with E-state index >= 15 is 0 Å². The molecule has 0 saturated heterocycles. The minimum absolute atomic E-state index is 0. The molecule has 0 spiro atoms. The summed E-state index contributed by atoms with van der Waals surface area (Å²) >= 11 is 0. The zero-order valence-corrected chi connectivity index (χ0v) is 49.2. The van der Waals surface area contributed by atoms with Crippen molar-refractivity contribution in [2.24, 2.45) is 0 Å². The van der Waals surface area contributed by atoms with Crippen molar-refractivity contribution >= 4 is 92.2 Å². The predicted octanol–water partition coefficient (Wildman–Crippen LogP) is 13.1. The number of benzene rings is 12. The summed E-state index contributed by atoms with van der Waals surface area (Å²) in [5, 5.41) is 11.8. The Morgan fingerprint density at radius 1 is 0.123 bits per heavy atom. The molecule has 0 saturated carbocycles. The van der Waals surface area contributed by atoms with E-state index in [0.717, 1.165) is 63.7 Å². The topological polar surface area (TPSA) is 85.6 Å². The van der Waals surface area contributed by atoms with Gasteiger partial charge >= 0.3 is 45.3 Å². The van der Waals surface area contributed by atoms with Crippen LogP contribution in [0.5, 0.6) is 0 Å². The molecule has 399 valence electrons. The molecule has 0 heterocycles. The smallest absolute Gasteiger partial charge is 0.307 e. The molecule has 9 heteroatoms. The molecule has 81 heavy (non-hydrogen) atoms. The number of rotatable bonds is 12. The van der Waals surface area contributed by atoms with Crippen LogP contribution in [0.2, 0.25) is 0 Å². The second-order valence-corrected chi connectivity index (χ2v) is 29.8. The van der Waals surface area contributed by atoms with Gasteiger partial charge in [-0.25, -0.2) is 0 Å². The predicted molar refractivity (Wildman–Crippen MR) is 348 cm³/mol. The van der Waals surface area contributed by atoms with Crippen molar-refractivity contribution in [2.45, 2.75) is 0 Å². The number of hydrogen-bond donors (Lipinski definition) is 0. The normalized spacial score (nSPS) is 11.1. The van der Waals surface area contributed by atoms with Crippen LogP contribution >= 0.6 is 28.6 Å². The molecule has 0 aromatic heterocycles. The molecule has 1 radical (unpaired) electrons. The van der Waals surface area contributed by atoms with E-state index in [2.05, 4.69) is 0 Å². The van der Waals surface area contributed by atoms with Crippen LogP contribution in [0.1, 0.15) is 0 Å². The minimum atomic E-state index is -2.53. The first-order valence-corrected chi connectivity index (χ1v) is 33.4. The van der Waals surface area contributed by atoms with Crippen molar-refractivity contribution in [1.82, 2.24) is 0 Å². The van der Waals surface area contributed by atoms with E-state index in [1.165, 1.54) is 0 Å². The Morgan fingerprint density at radius 3 is 0.247 bits per heavy atom. The molecule has 12 aromatic carbocycles. The Labute approximate surface area is 488 Å². The molecule has 0 aliphatic rings. The fourth-order valence-electron chi connectivity index (χ4n) is 9.51. The van der Waals surface area contributed by atoms with Gasteiger partial charge in [0.2, 0.25) is 0 Å². The van der Waals surface area contributed by atoms with Crippen LogP contribution in [0.4, 0.5) is 0 Å². The Hall–Kier alpha value is -7.93. The van der Waals surface area contributed by atoms with Crippen molar-refractivity contribution in [3.8, 4) is 0 Å². The maximum absolute atomic E-state index is 11.5. The Kier molecular flexibility index (Phi) is 21.2. The molecular weight excluding hydrogens is 1110 g/mol. The number of hydrogen-bond acceptors (Lipinski definition) is 0. The van der Waals surface area contributed by atoms with Crippen molar-refractivity contribution in [1.29, 1.82) is 0 Å². The molecule has 0 atom stereocenters. The zero-order valence-electron chi connectivity index (χ0n) is 44.6. The van der Waals surface area contributed by atoms with Crippen molar-refractivity contribution in [3.05, 3.63) is 364 Å². The van der Waals surface area contributed by atoms with E-state index < -0.39 is 28.6 Å². The van der Waals surface area contributed by atoms with Gasteiger partial charge in [-0.05, 0) is 146 Å². The molecule has 4 N–H and O–H groups in total. The minimum Gasteiger partial charge on any atom is -0.307 e. The molecule has 0 aliphatic heterocycles. The maximum Gasteiger partial charge on any atom is 2.00 e. The third-order valence-corrected chi connectivity index (χ3v) is 26.1. The monoisotopic (exact) mass is 1180 g/mol. The fraction of sp³-hybridized carbons (Fsp3) is 0. The molecule has 0 aliphatic carbocycles. The van der Waals surface area contributed by atoms with Crippen molar-refractivity contribution < 1.29 is 35.0 Å². The van der Waals surface area contributed by atoms with Crippen molar-refractivity contribution in [3.63, 3.8) is 0 Å². The van der Waals surface area contributed by atoms with Gasteiger partial charge in [-0.2, -0.15) is 0 Å². The summed E-state index contributed by atoms with van der Waals surface area (Å²) in [5.41, 5.74) is 0. The van der Waals surface area contributed by atoms with Gasteiger partial charge in [-0.1, -0.05) is 218 Å². The Balaban J connectivity index is 0.000000141. The largest absolute Gasteiger partial charge is 2.00 e. The molecule has 12 aromatic rings. The Morgan fingerprint density at radius 2 is 0.185 bits per heavy atom. The van der Waals surface area contributed by atoms with Gasteiger partial charge in [0.15, 0.2) is 0 Å². The summed E-state index contributed by atoms with van der Waals surface area (Å²) in [5.74, 6) is 0. The first-order valence-electron chi connectivity index (χ1n) is 26.4. The molecule has 0 amide bonds. The summed E-state index contributed by atoms with van der Waals surface area (Å²) < 4.78 is 46.1. The first-order chi connectivity index (χ1) is 39.3. The van der Waals surface area contributed by atoms with Crippen LogP contribution in [-0.2, 0) is 16.8 Å². The zero-order chi connectivity index (χ0) is 55.4. The fourth-order valence-corrected chi connectivity index (χ4v) is 20.3. The van der Waals surface area contributed by atoms with Gasteiger partial charge in [-0.3, -0.25) is 0 Å². The van der Waals surface area contributed by atoms with Gasteiger partial charge in [0.25, 0.3) is 0 Å². The van der Waals surface area contributed by atoms with Gasteiger partial charge in [0.1, 0.15) is 0 Å². The third kappa shape index (κ3) is 13.8. The van der Waals surface area contributed by atoms with E-state index in [-0.39, 0.29) is 16.8 Å². The summed E-state index contributed by atoms with van der Waals surface area (Å²) in [6.07, 6.45) is 0. The third-order valence-electron chi connectivity index (χ3n) is 13.6. The van der Waals surface area contributed by atoms with Crippen LogP contribution in [0.3, 0.4) is 0 Å². The molecule has 0 bridgehead atoms. The van der Waals surface area contributed by atoms with Gasteiger partial charge in [0.05, 0.1) is 63.7 Å². The molecule has 4 nitrogen and oxygen atoms in total. The van der Waals surface area contributed by atoms with E-state index in [4.69, 9.17) is 0 Å². The van der Waals surface area contributed by atoms with E-state index in [1.807, 2.05) is 364 Å². The SMILES string of the molecule is [Co+2].[OH+]=P(c1ccccc1)(c1ccccc1)c1ccccc1.[OH+]=P(c1ccccc1)(c1ccccc1)c1ccccc1.[OH+]=P(c1ccccc1)(c1ccccc1)c1ccccc1.[OH+]=P(c1ccccc1)(c1ccccc1)c1ccccc1. The standard InChI is InChI=1S/4C18H15OP.Co/c4*19-20(16-10-4-1-5-11-16,17-12-6-2-7-13-17)18-14-8-3-9-15-18;/h4*1-15H;/q;;;;+2/p+4. The second-order valence-electron chi connectivity index (χ2n) is 18.6. The summed E-state index contributed by atoms with van der Waals surface area (Å²) in [6.45, 7) is 0. The first kappa shape index (κ1) is 59.2. The van der Waals surface area contributed by atoms with E-state index in [0.29, 0.717) is 0 Å². The quantitative estimate of drug-likeness (QED) is 0.0862. The summed E-state index contributed by atoms with van der Waals surface area (Å²) in [4.78, 5) is 0.